The SMILES string of the molecule is CCN(C/C=C/c1ccc(C(F)(F)F)cc1)Cc1cccc2cc[nH]c12.Cl. The highest BCUT2D eigenvalue weighted by molar-refractivity contribution is 5.85. The Balaban J connectivity index is 0.00000261. The first-order valence-corrected chi connectivity index (χ1v) is 8.58. The molecule has 27 heavy (non-hydrogen) atoms. The van der Waals surface area contributed by atoms with Crippen molar-refractivity contribution in [2.45, 2.75) is 19.6 Å². The first-order chi connectivity index (χ1) is 12.5. The standard InChI is InChI=1S/C21H21F3N2.ClH/c1-2-26(15-18-7-3-6-17-12-13-25-20(17)18)14-4-5-16-8-10-19(11-9-16)21(22,23)24;/h3-13,25H,2,14-15H2,1H3;1H/b5-4+;. The zero-order valence-corrected chi connectivity index (χ0v) is 15.8. The third kappa shape index (κ3) is 5.37. The van der Waals surface area contributed by atoms with Crippen molar-refractivity contribution in [2.24, 2.45) is 0 Å². The van der Waals surface area contributed by atoms with Crippen LogP contribution in [0.15, 0.2) is 60.8 Å². The predicted molar refractivity (Wildman–Crippen MR) is 107 cm³/mol. The van der Waals surface area contributed by atoms with Crippen LogP contribution in [0, 0.1) is 0 Å². The third-order valence-corrected chi connectivity index (χ3v) is 4.43. The van der Waals surface area contributed by atoms with Crippen molar-refractivity contribution in [2.75, 3.05) is 13.1 Å². The molecule has 0 spiro atoms. The molecule has 0 radical (unpaired) electrons. The molecule has 0 fully saturated rings. The second kappa shape index (κ2) is 9.11. The molecular weight excluding hydrogens is 373 g/mol. The van der Waals surface area contributed by atoms with Crippen LogP contribution in [0.2, 0.25) is 0 Å². The second-order valence-electron chi connectivity index (χ2n) is 6.21. The predicted octanol–water partition coefficient (Wildman–Crippen LogP) is 6.14. The molecule has 1 heterocycles. The summed E-state index contributed by atoms with van der Waals surface area (Å²) in [5.74, 6) is 0. The molecule has 0 aliphatic carbocycles. The topological polar surface area (TPSA) is 19.0 Å². The van der Waals surface area contributed by atoms with Crippen LogP contribution in [-0.2, 0) is 12.7 Å². The summed E-state index contributed by atoms with van der Waals surface area (Å²) in [4.78, 5) is 5.55. The van der Waals surface area contributed by atoms with Crippen LogP contribution in [0.1, 0.15) is 23.6 Å². The number of alkyl halides is 3. The van der Waals surface area contributed by atoms with Crippen LogP contribution in [0.4, 0.5) is 13.2 Å². The first kappa shape index (κ1) is 21.1. The van der Waals surface area contributed by atoms with E-state index in [1.54, 1.807) is 0 Å². The Labute approximate surface area is 163 Å². The molecular formula is C21H22ClF3N2. The van der Waals surface area contributed by atoms with Gasteiger partial charge in [0.2, 0.25) is 0 Å². The van der Waals surface area contributed by atoms with Crippen molar-refractivity contribution in [3.63, 3.8) is 0 Å². The Morgan fingerprint density at radius 2 is 1.78 bits per heavy atom. The van der Waals surface area contributed by atoms with Crippen LogP contribution in [0.25, 0.3) is 17.0 Å². The lowest BCUT2D eigenvalue weighted by Crippen LogP contribution is -2.22. The Morgan fingerprint density at radius 1 is 1.04 bits per heavy atom. The molecule has 0 bridgehead atoms. The number of rotatable bonds is 6. The Bertz CT molecular complexity index is 882. The fraction of sp³-hybridized carbons (Fsp3) is 0.238. The molecule has 3 aromatic rings. The normalized spacial score (nSPS) is 12.0. The molecule has 1 aromatic heterocycles. The molecule has 3 rings (SSSR count). The van der Waals surface area contributed by atoms with E-state index < -0.39 is 11.7 Å². The smallest absolute Gasteiger partial charge is 0.361 e. The summed E-state index contributed by atoms with van der Waals surface area (Å²) in [5.41, 5.74) is 2.53. The fourth-order valence-electron chi connectivity index (χ4n) is 2.95. The monoisotopic (exact) mass is 394 g/mol. The third-order valence-electron chi connectivity index (χ3n) is 4.43. The highest BCUT2D eigenvalue weighted by Crippen LogP contribution is 2.29. The molecule has 0 amide bonds. The van der Waals surface area contributed by atoms with Crippen molar-refractivity contribution >= 4 is 29.4 Å². The molecule has 0 saturated heterocycles. The summed E-state index contributed by atoms with van der Waals surface area (Å²) >= 11 is 0. The van der Waals surface area contributed by atoms with Gasteiger partial charge in [-0.1, -0.05) is 49.4 Å². The van der Waals surface area contributed by atoms with Crippen molar-refractivity contribution in [1.29, 1.82) is 0 Å². The van der Waals surface area contributed by atoms with Crippen LogP contribution in [-0.4, -0.2) is 23.0 Å². The molecule has 0 saturated carbocycles. The summed E-state index contributed by atoms with van der Waals surface area (Å²) in [6, 6.07) is 13.5. The van der Waals surface area contributed by atoms with E-state index in [-0.39, 0.29) is 12.4 Å². The minimum absolute atomic E-state index is 0. The minimum atomic E-state index is -4.29. The van der Waals surface area contributed by atoms with Gasteiger partial charge < -0.3 is 4.98 Å². The molecule has 0 unspecified atom stereocenters. The van der Waals surface area contributed by atoms with Gasteiger partial charge in [-0.05, 0) is 41.3 Å². The van der Waals surface area contributed by atoms with Crippen LogP contribution in [0.5, 0.6) is 0 Å². The number of halogens is 4. The van der Waals surface area contributed by atoms with Crippen molar-refractivity contribution in [1.82, 2.24) is 9.88 Å². The lowest BCUT2D eigenvalue weighted by molar-refractivity contribution is -0.137. The highest BCUT2D eigenvalue weighted by Gasteiger charge is 2.29. The molecule has 0 aliphatic heterocycles. The Morgan fingerprint density at radius 3 is 2.44 bits per heavy atom. The Hall–Kier alpha value is -2.24. The van der Waals surface area contributed by atoms with Gasteiger partial charge in [0.05, 0.1) is 5.56 Å². The number of nitrogens with zero attached hydrogens (tertiary/aromatic N) is 1. The van der Waals surface area contributed by atoms with E-state index in [0.29, 0.717) is 0 Å². The quantitative estimate of drug-likeness (QED) is 0.531. The van der Waals surface area contributed by atoms with Gasteiger partial charge in [-0.25, -0.2) is 0 Å². The van der Waals surface area contributed by atoms with Gasteiger partial charge in [0.1, 0.15) is 0 Å². The van der Waals surface area contributed by atoms with Gasteiger partial charge in [0, 0.05) is 24.8 Å². The van der Waals surface area contributed by atoms with Gasteiger partial charge >= 0.3 is 6.18 Å². The summed E-state index contributed by atoms with van der Waals surface area (Å²) in [5, 5.41) is 1.19. The molecule has 6 heteroatoms. The van der Waals surface area contributed by atoms with Crippen LogP contribution < -0.4 is 0 Å². The lowest BCUT2D eigenvalue weighted by atomic mass is 10.1. The number of para-hydroxylation sites is 1. The van der Waals surface area contributed by atoms with Crippen LogP contribution >= 0.6 is 12.4 Å². The molecule has 144 valence electrons. The number of H-pyrrole nitrogens is 1. The fourth-order valence-corrected chi connectivity index (χ4v) is 2.95. The van der Waals surface area contributed by atoms with Crippen molar-refractivity contribution in [3.05, 3.63) is 77.5 Å². The average Bonchev–Trinajstić information content (AvgIpc) is 3.10. The number of hydrogen-bond donors (Lipinski definition) is 1. The summed E-state index contributed by atoms with van der Waals surface area (Å²) in [6.07, 6.45) is 1.49. The maximum Gasteiger partial charge on any atom is 0.416 e. The number of fused-ring (bicyclic) bond motifs is 1. The average molecular weight is 395 g/mol. The molecule has 2 aromatic carbocycles. The summed E-state index contributed by atoms with van der Waals surface area (Å²) in [6.45, 7) is 4.52. The number of likely N-dealkylation sites (N-methyl/N-ethyl adjacent to an activating group) is 1. The largest absolute Gasteiger partial charge is 0.416 e. The zero-order valence-electron chi connectivity index (χ0n) is 15.0. The van der Waals surface area contributed by atoms with Gasteiger partial charge in [0.25, 0.3) is 0 Å². The van der Waals surface area contributed by atoms with E-state index >= 15 is 0 Å². The molecule has 2 nitrogen and oxygen atoms in total. The number of hydrogen-bond acceptors (Lipinski definition) is 1. The number of nitrogens with one attached hydrogen (secondary N) is 1. The molecule has 1 N–H and O–H groups in total. The number of benzene rings is 2. The Kier molecular flexibility index (Phi) is 7.11. The lowest BCUT2D eigenvalue weighted by Gasteiger charge is -2.19. The van der Waals surface area contributed by atoms with E-state index in [9.17, 15) is 13.2 Å². The maximum absolute atomic E-state index is 12.6. The van der Waals surface area contributed by atoms with Crippen LogP contribution in [0.3, 0.4) is 0 Å². The van der Waals surface area contributed by atoms with E-state index in [4.69, 9.17) is 0 Å². The van der Waals surface area contributed by atoms with Crippen molar-refractivity contribution in [3.8, 4) is 0 Å². The van der Waals surface area contributed by atoms with E-state index in [0.717, 1.165) is 42.8 Å². The van der Waals surface area contributed by atoms with Gasteiger partial charge in [0.15, 0.2) is 0 Å². The van der Waals surface area contributed by atoms with Gasteiger partial charge in [-0.2, -0.15) is 13.2 Å². The van der Waals surface area contributed by atoms with E-state index in [1.807, 2.05) is 18.3 Å². The second-order valence-corrected chi connectivity index (χ2v) is 6.21. The maximum atomic E-state index is 12.6. The minimum Gasteiger partial charge on any atom is -0.361 e. The summed E-state index contributed by atoms with van der Waals surface area (Å²) in [7, 11) is 0. The van der Waals surface area contributed by atoms with E-state index in [2.05, 4.69) is 41.1 Å². The van der Waals surface area contributed by atoms with Crippen molar-refractivity contribution < 1.29 is 13.2 Å². The van der Waals surface area contributed by atoms with Gasteiger partial charge in [-0.3, -0.25) is 4.90 Å². The summed E-state index contributed by atoms with van der Waals surface area (Å²) < 4.78 is 37.8. The highest BCUT2D eigenvalue weighted by atomic mass is 35.5. The number of aromatic nitrogens is 1. The molecule has 0 atom stereocenters. The first-order valence-electron chi connectivity index (χ1n) is 8.58. The van der Waals surface area contributed by atoms with Gasteiger partial charge in [-0.15, -0.1) is 12.4 Å². The number of aromatic amines is 1. The van der Waals surface area contributed by atoms with E-state index in [1.165, 1.54) is 23.1 Å². The molecule has 0 aliphatic rings. The zero-order chi connectivity index (χ0) is 18.6.